The van der Waals surface area contributed by atoms with Gasteiger partial charge in [0.1, 0.15) is 18.0 Å². The summed E-state index contributed by atoms with van der Waals surface area (Å²) >= 11 is 0. The number of aromatic hydroxyl groups is 1. The number of aliphatic hydroxyl groups excluding tert-OH is 3. The quantitative estimate of drug-likeness (QED) is 0.0470. The van der Waals surface area contributed by atoms with Gasteiger partial charge in [-0.05, 0) is 285 Å². The van der Waals surface area contributed by atoms with Crippen LogP contribution in [-0.4, -0.2) is 121 Å². The zero-order valence-corrected chi connectivity index (χ0v) is 59.5. The third-order valence-corrected chi connectivity index (χ3v) is 36.5. The number of ether oxygens (including phenoxy) is 4. The second-order valence-electron chi connectivity index (χ2n) is 36.6. The van der Waals surface area contributed by atoms with Crippen LogP contribution in [0.1, 0.15) is 181 Å². The van der Waals surface area contributed by atoms with Gasteiger partial charge in [-0.25, -0.2) is 4.79 Å². The summed E-state index contributed by atoms with van der Waals surface area (Å²) in [7, 11) is 5.97. The van der Waals surface area contributed by atoms with E-state index in [9.17, 15) is 15.3 Å². The van der Waals surface area contributed by atoms with Gasteiger partial charge in [0.2, 0.25) is 5.79 Å². The van der Waals surface area contributed by atoms with Gasteiger partial charge >= 0.3 is 5.97 Å². The number of aliphatic hydroxyl groups is 5. The lowest BCUT2D eigenvalue weighted by molar-refractivity contribution is -0.410. The van der Waals surface area contributed by atoms with E-state index >= 15 is 20.1 Å². The molecule has 19 bridgehead atoms. The maximum absolute atomic E-state index is 16.7. The number of aromatic amines is 1. The van der Waals surface area contributed by atoms with E-state index in [-0.39, 0.29) is 64.2 Å². The van der Waals surface area contributed by atoms with Crippen molar-refractivity contribution in [2.24, 2.45) is 92.2 Å². The standard InChI is InChI=1S/C85H100N2O11S2/c1-86-66-42-100-99-41-60-55-16-12-50-34-52-22-26-81-73(90)58(66)36-57-63-38-82(77(92)85(94)84(63,93)75(97-74(57)81)72(98-85)76(91)96-71-65(39-88)87-64-19-13-49-33-47-9-2-3-10-48(47)35-56(49)69(64)71)79(23-4-5-24-79)37-53-14-17-61-51(21-25-78(61)27-28-80(53,82)43-78)40-95-54-15-11-46(31-54)30-44-7-6-8-45(29-44)32-59-67(89)20-18-62(68(59)60)83(52,81)70(50)55/h2-3,6-10,13,18-20,29,33,35,46,50-55,57-58,60-61,63,66,70,72-75,77,86-90,92-94H,4-5,11-12,14-17,21-28,30-32,34,36-43H2,1H3/t46-,50+,51-,52-,53+,54+,55+,57-,58-,60+,61+,63-,66-,70+,72+,73-,74-,75-,77+,78+,80+,81+,82+,83+,84+,85-/m0/s1. The molecule has 11 saturated carbocycles. The number of esters is 1. The highest BCUT2D eigenvalue weighted by molar-refractivity contribution is 8.76. The number of carbonyl (C=O) groups is 1. The first kappa shape index (κ1) is 63.1. The van der Waals surface area contributed by atoms with Crippen LogP contribution in [0.25, 0.3) is 32.4 Å². The number of carbonyl (C=O) groups excluding carboxylic acids is 1. The summed E-state index contributed by atoms with van der Waals surface area (Å²) in [6, 6.07) is 30.0. The first-order valence-corrected chi connectivity index (χ1v) is 42.0. The molecule has 1 aromatic heterocycles. The molecule has 6 heterocycles. The number of phenols is 1. The lowest BCUT2D eigenvalue weighted by Crippen LogP contribution is -2.82. The number of H-pyrrole nitrogens is 1. The summed E-state index contributed by atoms with van der Waals surface area (Å²) in [4.78, 5) is 20.1. The summed E-state index contributed by atoms with van der Waals surface area (Å²) in [5.41, 5.74) is 1.57. The smallest absolute Gasteiger partial charge is 0.343 e. The zero-order valence-electron chi connectivity index (χ0n) is 57.9. The molecule has 12 aliphatic carbocycles. The van der Waals surface area contributed by atoms with Gasteiger partial charge in [-0.1, -0.05) is 95.1 Å². The van der Waals surface area contributed by atoms with Gasteiger partial charge in [-0.2, -0.15) is 0 Å². The normalized spacial score (nSPS) is 47.0. The molecule has 0 radical (unpaired) electrons. The van der Waals surface area contributed by atoms with Crippen molar-refractivity contribution in [2.45, 2.75) is 226 Å². The molecule has 6 spiro atoms. The van der Waals surface area contributed by atoms with E-state index in [2.05, 4.69) is 71.9 Å². The highest BCUT2D eigenvalue weighted by atomic mass is 33.1. The molecule has 8 N–H and O–H groups in total. The van der Waals surface area contributed by atoms with Gasteiger partial charge in [-0.3, -0.25) is 0 Å². The minimum Gasteiger partial charge on any atom is -0.508 e. The van der Waals surface area contributed by atoms with Crippen molar-refractivity contribution in [2.75, 3.05) is 25.2 Å². The maximum atomic E-state index is 16.7. The first-order chi connectivity index (χ1) is 48.6. The fourth-order valence-corrected chi connectivity index (χ4v) is 33.8. The molecule has 6 aromatic rings. The van der Waals surface area contributed by atoms with Crippen LogP contribution in [-0.2, 0) is 43.9 Å². The van der Waals surface area contributed by atoms with Crippen molar-refractivity contribution in [3.8, 4) is 11.5 Å². The molecule has 0 amide bonds. The Labute approximate surface area is 594 Å². The van der Waals surface area contributed by atoms with Crippen LogP contribution in [0.5, 0.6) is 11.5 Å². The van der Waals surface area contributed by atoms with E-state index < -0.39 is 88.0 Å². The van der Waals surface area contributed by atoms with Gasteiger partial charge < -0.3 is 59.9 Å². The predicted octanol–water partition coefficient (Wildman–Crippen LogP) is 13.9. The number of benzene rings is 5. The van der Waals surface area contributed by atoms with E-state index in [0.29, 0.717) is 71.7 Å². The number of rotatable bonds is 4. The Balaban J connectivity index is 0.788. The van der Waals surface area contributed by atoms with Crippen molar-refractivity contribution in [1.29, 1.82) is 0 Å². The van der Waals surface area contributed by atoms with Gasteiger partial charge in [0.25, 0.3) is 0 Å². The van der Waals surface area contributed by atoms with Gasteiger partial charge in [0.15, 0.2) is 17.5 Å². The second-order valence-corrected chi connectivity index (χ2v) is 39.1. The van der Waals surface area contributed by atoms with E-state index in [1.165, 1.54) is 22.3 Å². The topological polar surface area (TPSA) is 203 Å². The molecule has 23 rings (SSSR count). The molecule has 0 unspecified atom stereocenters. The Morgan fingerprint density at radius 1 is 0.750 bits per heavy atom. The van der Waals surface area contributed by atoms with E-state index in [1.807, 2.05) is 51.9 Å². The van der Waals surface area contributed by atoms with E-state index in [1.54, 1.807) is 0 Å². The van der Waals surface area contributed by atoms with E-state index in [0.717, 1.165) is 174 Å². The first-order valence-electron chi connectivity index (χ1n) is 39.5. The van der Waals surface area contributed by atoms with Crippen LogP contribution in [0, 0.1) is 92.2 Å². The highest BCUT2D eigenvalue weighted by Gasteiger charge is 2.91. The minimum atomic E-state index is -2.69. The summed E-state index contributed by atoms with van der Waals surface area (Å²) in [6.45, 7) is 0.328. The Kier molecular flexibility index (Phi) is 13.7. The SMILES string of the molecule is CN[C@H]1CSSC[C@H]2c3c4ccc(O)c3Cc3cccc(c3)C[C@@H]3CC[C@H](C3)OC[C@@H]3CC[C@@]56CC[C@@]7(C5)[C@H](CC[C@H]36)CC3(CCCC3)[C@]73C[C@H]5[C@@H]6C[C@@H]1[C@H](O)[C@]1(CC[C@H]7C[C@H]8CC[C@H]2[C@@H]8[C@]471)[C@H]6O[C@H]1[C@H](C(=O)Oc2c(CO)[nH]c4ccc6cc7ccccc7cc6c24)O[C@@](O)([C@@H]3O)[C@@]51O. The molecule has 100 heavy (non-hydrogen) atoms. The number of aromatic nitrogens is 1. The molecule has 14 fully saturated rings. The molecule has 5 aliphatic heterocycles. The molecular formula is C85H100N2O11S2. The fraction of sp³-hybridized carbons (Fsp3) is 0.659. The summed E-state index contributed by atoms with van der Waals surface area (Å²) < 4.78 is 30.0. The Morgan fingerprint density at radius 3 is 2.46 bits per heavy atom. The van der Waals surface area contributed by atoms with Crippen LogP contribution < -0.4 is 10.1 Å². The van der Waals surface area contributed by atoms with Crippen LogP contribution in [0.2, 0.25) is 0 Å². The molecule has 17 aliphatic rings. The third-order valence-electron chi connectivity index (χ3n) is 34.1. The van der Waals surface area contributed by atoms with Crippen LogP contribution >= 0.6 is 21.6 Å². The van der Waals surface area contributed by atoms with Gasteiger partial charge in [0, 0.05) is 57.6 Å². The third kappa shape index (κ3) is 7.65. The molecule has 15 heteroatoms. The zero-order chi connectivity index (χ0) is 67.0. The number of phenolic OH excluding ortho intramolecular Hbond substituents is 1. The summed E-state index contributed by atoms with van der Waals surface area (Å²) in [5.74, 6) is 0.191. The summed E-state index contributed by atoms with van der Waals surface area (Å²) in [6.07, 6.45) is 16.9. The Hall–Kier alpha value is -4.23. The molecular weight excluding hydrogens is 1290 g/mol. The molecule has 3 saturated heterocycles. The maximum Gasteiger partial charge on any atom is 0.343 e. The summed E-state index contributed by atoms with van der Waals surface area (Å²) in [5, 5.41) is 93.0. The van der Waals surface area contributed by atoms with Crippen molar-refractivity contribution in [1.82, 2.24) is 10.3 Å². The molecule has 13 nitrogen and oxygen atoms in total. The lowest BCUT2D eigenvalue weighted by atomic mass is 9.37. The number of hydrogen-bond donors (Lipinski definition) is 8. The highest BCUT2D eigenvalue weighted by Crippen LogP contribution is 2.88. The second kappa shape index (κ2) is 21.7. The average Bonchev–Trinajstić information content (AvgIpc) is 1.43. The Bertz CT molecular complexity index is 4400. The Morgan fingerprint density at radius 2 is 1.60 bits per heavy atom. The van der Waals surface area contributed by atoms with Gasteiger partial charge in [0.05, 0.1) is 48.1 Å². The lowest BCUT2D eigenvalue weighted by Gasteiger charge is -2.72. The fourth-order valence-electron chi connectivity index (χ4n) is 31.1. The average molecular weight is 1390 g/mol. The molecule has 5 aromatic carbocycles. The van der Waals surface area contributed by atoms with Crippen LogP contribution in [0.4, 0.5) is 0 Å². The van der Waals surface area contributed by atoms with Crippen molar-refractivity contribution in [3.63, 3.8) is 0 Å². The monoisotopic (exact) mass is 1390 g/mol. The number of nitrogens with one attached hydrogen (secondary N) is 2. The minimum absolute atomic E-state index is 0.0501. The number of fused-ring (bicyclic) bond motifs is 12. The molecule has 26 atom stereocenters. The van der Waals surface area contributed by atoms with Crippen LogP contribution in [0.15, 0.2) is 84.9 Å². The largest absolute Gasteiger partial charge is 0.508 e. The van der Waals surface area contributed by atoms with Gasteiger partial charge in [-0.15, -0.1) is 0 Å². The van der Waals surface area contributed by atoms with Crippen molar-refractivity contribution in [3.05, 3.63) is 118 Å². The van der Waals surface area contributed by atoms with E-state index in [4.69, 9.17) is 18.9 Å². The van der Waals surface area contributed by atoms with Crippen molar-refractivity contribution < 1.29 is 54.4 Å². The number of hydrogen-bond acceptors (Lipinski definition) is 14. The molecule has 528 valence electrons. The van der Waals surface area contributed by atoms with Crippen molar-refractivity contribution >= 4 is 60.0 Å². The van der Waals surface area contributed by atoms with Crippen LogP contribution in [0.3, 0.4) is 0 Å². The predicted molar refractivity (Wildman–Crippen MR) is 385 cm³/mol.